The van der Waals surface area contributed by atoms with E-state index in [-0.39, 0.29) is 0 Å². The van der Waals surface area contributed by atoms with E-state index in [4.69, 9.17) is 10.5 Å². The van der Waals surface area contributed by atoms with Gasteiger partial charge in [0.25, 0.3) is 0 Å². The van der Waals surface area contributed by atoms with E-state index < -0.39 is 0 Å². The monoisotopic (exact) mass is 217 g/mol. The lowest BCUT2D eigenvalue weighted by Gasteiger charge is -2.09. The van der Waals surface area contributed by atoms with Gasteiger partial charge in [0.1, 0.15) is 0 Å². The Kier molecular flexibility index (Phi) is 2.92. The van der Waals surface area contributed by atoms with Crippen molar-refractivity contribution in [2.75, 3.05) is 7.11 Å². The second-order valence-corrected chi connectivity index (χ2v) is 3.58. The molecule has 0 aliphatic heterocycles. The quantitative estimate of drug-likeness (QED) is 0.850. The van der Waals surface area contributed by atoms with Crippen LogP contribution in [0.4, 0.5) is 0 Å². The number of methoxy groups -OCH3 is 1. The molecule has 0 unspecified atom stereocenters. The summed E-state index contributed by atoms with van der Waals surface area (Å²) in [6.07, 6.45) is 1.74. The predicted molar refractivity (Wildman–Crippen MR) is 62.7 cm³/mol. The van der Waals surface area contributed by atoms with Gasteiger partial charge < -0.3 is 10.5 Å². The van der Waals surface area contributed by atoms with Gasteiger partial charge in [-0.15, -0.1) is 0 Å². The van der Waals surface area contributed by atoms with Gasteiger partial charge in [-0.3, -0.25) is 0 Å². The number of nitrogens with two attached hydrogens (primary N) is 1. The van der Waals surface area contributed by atoms with Crippen molar-refractivity contribution in [2.45, 2.75) is 13.5 Å². The molecule has 1 aromatic heterocycles. The summed E-state index contributed by atoms with van der Waals surface area (Å²) in [6, 6.07) is 8.02. The van der Waals surface area contributed by atoms with Crippen molar-refractivity contribution in [1.29, 1.82) is 0 Å². The van der Waals surface area contributed by atoms with Crippen LogP contribution in [0.2, 0.25) is 0 Å². The maximum Gasteiger partial charge on any atom is 0.220 e. The molecule has 84 valence electrons. The number of nitrogens with zero attached hydrogens (tertiary/aromatic N) is 2. The van der Waals surface area contributed by atoms with Crippen molar-refractivity contribution in [3.8, 4) is 11.6 Å². The summed E-state index contributed by atoms with van der Waals surface area (Å²) in [7, 11) is 1.63. The van der Waals surface area contributed by atoms with Gasteiger partial charge in [-0.1, -0.05) is 18.2 Å². The predicted octanol–water partition coefficient (Wildman–Crippen LogP) is 1.65. The molecule has 2 rings (SSSR count). The van der Waals surface area contributed by atoms with Crippen LogP contribution in [0.5, 0.6) is 5.88 Å². The van der Waals surface area contributed by atoms with Crippen LogP contribution >= 0.6 is 0 Å². The van der Waals surface area contributed by atoms with Crippen molar-refractivity contribution >= 4 is 0 Å². The van der Waals surface area contributed by atoms with E-state index in [1.807, 2.05) is 31.2 Å². The van der Waals surface area contributed by atoms with E-state index in [2.05, 4.69) is 5.10 Å². The molecule has 0 aliphatic rings. The van der Waals surface area contributed by atoms with Crippen molar-refractivity contribution in [3.05, 3.63) is 41.6 Å². The van der Waals surface area contributed by atoms with Crippen molar-refractivity contribution in [2.24, 2.45) is 5.73 Å². The highest BCUT2D eigenvalue weighted by atomic mass is 16.5. The molecule has 0 aliphatic carbocycles. The highest BCUT2D eigenvalue weighted by molar-refractivity contribution is 5.43. The number of hydrogen-bond donors (Lipinski definition) is 1. The SMILES string of the molecule is COc1c(CN)cnn1-c1ccccc1C. The van der Waals surface area contributed by atoms with E-state index in [1.165, 1.54) is 0 Å². The number of hydrogen-bond acceptors (Lipinski definition) is 3. The summed E-state index contributed by atoms with van der Waals surface area (Å²) < 4.78 is 7.11. The lowest BCUT2D eigenvalue weighted by Crippen LogP contribution is -2.04. The fourth-order valence-corrected chi connectivity index (χ4v) is 1.70. The largest absolute Gasteiger partial charge is 0.481 e. The molecule has 4 nitrogen and oxygen atoms in total. The summed E-state index contributed by atoms with van der Waals surface area (Å²) in [5.41, 5.74) is 8.69. The van der Waals surface area contributed by atoms with E-state index in [9.17, 15) is 0 Å². The molecule has 4 heteroatoms. The van der Waals surface area contributed by atoms with E-state index in [0.717, 1.165) is 16.8 Å². The molecule has 0 saturated heterocycles. The van der Waals surface area contributed by atoms with Crippen LogP contribution in [0.25, 0.3) is 5.69 Å². The van der Waals surface area contributed by atoms with Crippen LogP contribution in [-0.2, 0) is 6.54 Å². The number of aryl methyl sites for hydroxylation is 1. The summed E-state index contributed by atoms with van der Waals surface area (Å²) >= 11 is 0. The third-order valence-corrected chi connectivity index (χ3v) is 2.55. The van der Waals surface area contributed by atoms with Crippen LogP contribution in [0, 0.1) is 6.92 Å². The third kappa shape index (κ3) is 1.67. The minimum absolute atomic E-state index is 0.426. The first kappa shape index (κ1) is 10.7. The maximum atomic E-state index is 5.62. The van der Waals surface area contributed by atoms with Crippen molar-refractivity contribution < 1.29 is 4.74 Å². The normalized spacial score (nSPS) is 10.4. The number of benzene rings is 1. The first-order valence-electron chi connectivity index (χ1n) is 5.15. The average molecular weight is 217 g/mol. The highest BCUT2D eigenvalue weighted by Gasteiger charge is 2.12. The Morgan fingerprint density at radius 1 is 1.38 bits per heavy atom. The van der Waals surface area contributed by atoms with Crippen LogP contribution in [0.15, 0.2) is 30.5 Å². The molecule has 2 aromatic rings. The van der Waals surface area contributed by atoms with E-state index in [0.29, 0.717) is 12.4 Å². The summed E-state index contributed by atoms with van der Waals surface area (Å²) in [6.45, 7) is 2.47. The standard InChI is InChI=1S/C12H15N3O/c1-9-5-3-4-6-11(9)15-12(16-2)10(7-13)8-14-15/h3-6,8H,7,13H2,1-2H3. The third-order valence-electron chi connectivity index (χ3n) is 2.55. The molecular weight excluding hydrogens is 202 g/mol. The zero-order valence-corrected chi connectivity index (χ0v) is 9.47. The van der Waals surface area contributed by atoms with Crippen LogP contribution in [0.3, 0.4) is 0 Å². The molecule has 1 heterocycles. The highest BCUT2D eigenvalue weighted by Crippen LogP contribution is 2.23. The summed E-state index contributed by atoms with van der Waals surface area (Å²) in [5.74, 6) is 0.705. The fourth-order valence-electron chi connectivity index (χ4n) is 1.70. The molecule has 2 N–H and O–H groups in total. The molecule has 0 spiro atoms. The molecule has 0 fully saturated rings. The van der Waals surface area contributed by atoms with Gasteiger partial charge >= 0.3 is 0 Å². The van der Waals surface area contributed by atoms with Gasteiger partial charge in [-0.05, 0) is 18.6 Å². The molecule has 16 heavy (non-hydrogen) atoms. The fraction of sp³-hybridized carbons (Fsp3) is 0.250. The zero-order valence-electron chi connectivity index (χ0n) is 9.47. The Morgan fingerprint density at radius 3 is 2.75 bits per heavy atom. The lowest BCUT2D eigenvalue weighted by atomic mass is 10.2. The van der Waals surface area contributed by atoms with Gasteiger partial charge in [0, 0.05) is 12.1 Å². The zero-order chi connectivity index (χ0) is 11.5. The minimum Gasteiger partial charge on any atom is -0.481 e. The van der Waals surface area contributed by atoms with Gasteiger partial charge in [0.2, 0.25) is 5.88 Å². The van der Waals surface area contributed by atoms with Gasteiger partial charge in [-0.25, -0.2) is 4.68 Å². The first-order valence-corrected chi connectivity index (χ1v) is 5.15. The van der Waals surface area contributed by atoms with Crippen LogP contribution < -0.4 is 10.5 Å². The van der Waals surface area contributed by atoms with Crippen LogP contribution in [0.1, 0.15) is 11.1 Å². The molecule has 1 aromatic carbocycles. The topological polar surface area (TPSA) is 53.1 Å². The lowest BCUT2D eigenvalue weighted by molar-refractivity contribution is 0.379. The molecule has 0 saturated carbocycles. The molecular formula is C12H15N3O. The van der Waals surface area contributed by atoms with Crippen molar-refractivity contribution in [1.82, 2.24) is 9.78 Å². The maximum absolute atomic E-state index is 5.62. The Balaban J connectivity index is 2.56. The summed E-state index contributed by atoms with van der Waals surface area (Å²) in [5, 5.41) is 4.30. The summed E-state index contributed by atoms with van der Waals surface area (Å²) in [4.78, 5) is 0. The number of para-hydroxylation sites is 1. The second kappa shape index (κ2) is 4.37. The molecule has 0 bridgehead atoms. The second-order valence-electron chi connectivity index (χ2n) is 3.58. The van der Waals surface area contributed by atoms with Crippen LogP contribution in [-0.4, -0.2) is 16.9 Å². The number of aromatic nitrogens is 2. The Hall–Kier alpha value is -1.81. The Labute approximate surface area is 94.6 Å². The first-order chi connectivity index (χ1) is 7.77. The van der Waals surface area contributed by atoms with E-state index in [1.54, 1.807) is 18.0 Å². The minimum atomic E-state index is 0.426. The van der Waals surface area contributed by atoms with Gasteiger partial charge in [0.05, 0.1) is 19.0 Å². The smallest absolute Gasteiger partial charge is 0.220 e. The molecule has 0 amide bonds. The molecule has 0 radical (unpaired) electrons. The van der Waals surface area contributed by atoms with Gasteiger partial charge in [0.15, 0.2) is 0 Å². The number of rotatable bonds is 3. The van der Waals surface area contributed by atoms with Gasteiger partial charge in [-0.2, -0.15) is 5.10 Å². The Bertz CT molecular complexity index is 491. The Morgan fingerprint density at radius 2 is 2.12 bits per heavy atom. The average Bonchev–Trinajstić information content (AvgIpc) is 2.72. The van der Waals surface area contributed by atoms with Crippen molar-refractivity contribution in [3.63, 3.8) is 0 Å². The van der Waals surface area contributed by atoms with E-state index >= 15 is 0 Å². The molecule has 0 atom stereocenters. The number of ether oxygens (including phenoxy) is 1.